The Morgan fingerprint density at radius 2 is 2.10 bits per heavy atom. The fourth-order valence-corrected chi connectivity index (χ4v) is 2.85. The number of aromatic nitrogens is 2. The van der Waals surface area contributed by atoms with Crippen molar-refractivity contribution in [2.75, 3.05) is 17.6 Å². The van der Waals surface area contributed by atoms with E-state index in [-0.39, 0.29) is 5.69 Å². The molecule has 0 aliphatic rings. The van der Waals surface area contributed by atoms with Crippen LogP contribution in [0.25, 0.3) is 0 Å². The van der Waals surface area contributed by atoms with Gasteiger partial charge in [-0.25, -0.2) is 4.98 Å². The van der Waals surface area contributed by atoms with E-state index in [1.165, 1.54) is 11.8 Å². The lowest BCUT2D eigenvalue weighted by molar-refractivity contribution is -0.389. The lowest BCUT2D eigenvalue weighted by Gasteiger charge is -2.09. The Bertz CT molecular complexity index is 466. The van der Waals surface area contributed by atoms with Gasteiger partial charge >= 0.3 is 5.69 Å². The van der Waals surface area contributed by atoms with Crippen molar-refractivity contribution in [1.29, 1.82) is 0 Å². The van der Waals surface area contributed by atoms with Crippen LogP contribution in [0.15, 0.2) is 5.03 Å². The van der Waals surface area contributed by atoms with E-state index in [1.807, 2.05) is 6.92 Å². The highest BCUT2D eigenvalue weighted by Gasteiger charge is 2.22. The highest BCUT2D eigenvalue weighted by molar-refractivity contribution is 7.99. The van der Waals surface area contributed by atoms with E-state index in [2.05, 4.69) is 29.1 Å². The number of hydrogen-bond acceptors (Lipinski definition) is 6. The molecule has 1 aromatic heterocycles. The fourth-order valence-electron chi connectivity index (χ4n) is 1.56. The summed E-state index contributed by atoms with van der Waals surface area (Å²) in [5.74, 6) is 1.87. The molecule has 0 unspecified atom stereocenters. The summed E-state index contributed by atoms with van der Waals surface area (Å²) < 4.78 is 0. The molecular formula is C13H22N4O2S. The summed E-state index contributed by atoms with van der Waals surface area (Å²) in [6.07, 6.45) is 1.96. The predicted molar refractivity (Wildman–Crippen MR) is 82.4 cm³/mol. The molecule has 20 heavy (non-hydrogen) atoms. The third-order valence-electron chi connectivity index (χ3n) is 2.68. The van der Waals surface area contributed by atoms with E-state index in [0.717, 1.165) is 25.1 Å². The van der Waals surface area contributed by atoms with Gasteiger partial charge in [-0.2, -0.15) is 4.98 Å². The van der Waals surface area contributed by atoms with Gasteiger partial charge in [0.25, 0.3) is 0 Å². The molecule has 0 atom stereocenters. The van der Waals surface area contributed by atoms with Gasteiger partial charge in [0.2, 0.25) is 5.95 Å². The summed E-state index contributed by atoms with van der Waals surface area (Å²) in [6, 6.07) is 0. The zero-order valence-corrected chi connectivity index (χ0v) is 13.3. The minimum absolute atomic E-state index is 0.0285. The molecule has 0 fully saturated rings. The number of nitrogens with one attached hydrogen (secondary N) is 1. The van der Waals surface area contributed by atoms with Crippen molar-refractivity contribution < 1.29 is 4.92 Å². The van der Waals surface area contributed by atoms with Crippen LogP contribution < -0.4 is 5.32 Å². The van der Waals surface area contributed by atoms with Crippen molar-refractivity contribution >= 4 is 23.4 Å². The highest BCUT2D eigenvalue weighted by Crippen LogP contribution is 2.31. The molecule has 0 saturated heterocycles. The number of nitrogens with zero attached hydrogens (tertiary/aromatic N) is 3. The zero-order valence-electron chi connectivity index (χ0n) is 12.5. The molecule has 0 aromatic carbocycles. The third-order valence-corrected chi connectivity index (χ3v) is 3.67. The monoisotopic (exact) mass is 298 g/mol. The maximum absolute atomic E-state index is 11.2. The summed E-state index contributed by atoms with van der Waals surface area (Å²) in [5.41, 5.74) is 0.441. The largest absolute Gasteiger partial charge is 0.354 e. The van der Waals surface area contributed by atoms with Crippen molar-refractivity contribution in [2.45, 2.75) is 45.6 Å². The molecule has 0 amide bonds. The number of hydrogen-bond donors (Lipinski definition) is 1. The van der Waals surface area contributed by atoms with Gasteiger partial charge in [0.1, 0.15) is 5.69 Å². The van der Waals surface area contributed by atoms with Gasteiger partial charge < -0.3 is 5.32 Å². The van der Waals surface area contributed by atoms with Gasteiger partial charge in [-0.15, -0.1) is 0 Å². The van der Waals surface area contributed by atoms with Crippen LogP contribution in [0.4, 0.5) is 11.6 Å². The second kappa shape index (κ2) is 8.04. The molecule has 0 spiro atoms. The quantitative estimate of drug-likeness (QED) is 0.341. The van der Waals surface area contributed by atoms with E-state index in [0.29, 0.717) is 22.6 Å². The van der Waals surface area contributed by atoms with Crippen molar-refractivity contribution in [3.05, 3.63) is 15.8 Å². The molecule has 1 rings (SSSR count). The van der Waals surface area contributed by atoms with Gasteiger partial charge in [-0.05, 0) is 31.4 Å². The van der Waals surface area contributed by atoms with Crippen LogP contribution >= 0.6 is 11.8 Å². The molecule has 0 bridgehead atoms. The van der Waals surface area contributed by atoms with E-state index in [9.17, 15) is 10.1 Å². The van der Waals surface area contributed by atoms with Crippen molar-refractivity contribution in [3.63, 3.8) is 0 Å². The Balaban J connectivity index is 2.96. The van der Waals surface area contributed by atoms with Crippen LogP contribution in [-0.2, 0) is 0 Å². The second-order valence-corrected chi connectivity index (χ2v) is 6.08. The normalized spacial score (nSPS) is 10.8. The smallest absolute Gasteiger partial charge is 0.322 e. The number of nitro groups is 1. The Morgan fingerprint density at radius 1 is 1.40 bits per heavy atom. The van der Waals surface area contributed by atoms with Crippen LogP contribution in [0.1, 0.15) is 39.3 Å². The van der Waals surface area contributed by atoms with E-state index >= 15 is 0 Å². The SMILES string of the molecule is CCCNc1nc(C)c([N+](=O)[O-])c(SCCC(C)C)n1. The summed E-state index contributed by atoms with van der Waals surface area (Å²) in [6.45, 7) is 8.73. The van der Waals surface area contributed by atoms with Gasteiger partial charge in [-0.1, -0.05) is 32.5 Å². The number of rotatable bonds is 8. The first-order valence-corrected chi connectivity index (χ1v) is 7.84. The lowest BCUT2D eigenvalue weighted by Crippen LogP contribution is -2.08. The lowest BCUT2D eigenvalue weighted by atomic mass is 10.2. The number of aryl methyl sites for hydroxylation is 1. The van der Waals surface area contributed by atoms with Gasteiger partial charge in [0.05, 0.1) is 4.92 Å². The van der Waals surface area contributed by atoms with E-state index in [1.54, 1.807) is 6.92 Å². The van der Waals surface area contributed by atoms with Crippen LogP contribution in [-0.4, -0.2) is 27.2 Å². The van der Waals surface area contributed by atoms with E-state index in [4.69, 9.17) is 0 Å². The molecule has 0 aliphatic heterocycles. The molecule has 0 aliphatic carbocycles. The van der Waals surface area contributed by atoms with E-state index < -0.39 is 4.92 Å². The second-order valence-electron chi connectivity index (χ2n) is 5.00. The summed E-state index contributed by atoms with van der Waals surface area (Å²) in [7, 11) is 0. The van der Waals surface area contributed by atoms with Crippen LogP contribution in [0.2, 0.25) is 0 Å². The summed E-state index contributed by atoms with van der Waals surface area (Å²) in [5, 5.41) is 14.7. The van der Waals surface area contributed by atoms with Crippen LogP contribution in [0.3, 0.4) is 0 Å². The number of thioether (sulfide) groups is 1. The minimum Gasteiger partial charge on any atom is -0.354 e. The molecule has 7 heteroatoms. The summed E-state index contributed by atoms with van der Waals surface area (Å²) in [4.78, 5) is 19.2. The molecule has 6 nitrogen and oxygen atoms in total. The predicted octanol–water partition coefficient (Wildman–Crippen LogP) is 3.65. The van der Waals surface area contributed by atoms with Gasteiger partial charge in [0.15, 0.2) is 5.03 Å². The average molecular weight is 298 g/mol. The first-order chi connectivity index (χ1) is 9.45. The third kappa shape index (κ3) is 4.96. The minimum atomic E-state index is -0.392. The maximum atomic E-state index is 11.2. The first-order valence-electron chi connectivity index (χ1n) is 6.85. The van der Waals surface area contributed by atoms with Crippen molar-refractivity contribution in [1.82, 2.24) is 9.97 Å². The van der Waals surface area contributed by atoms with Gasteiger partial charge in [0, 0.05) is 6.54 Å². The Morgan fingerprint density at radius 3 is 2.65 bits per heavy atom. The zero-order chi connectivity index (χ0) is 15.1. The first kappa shape index (κ1) is 16.7. The summed E-state index contributed by atoms with van der Waals surface area (Å²) >= 11 is 1.43. The molecule has 0 radical (unpaired) electrons. The molecule has 1 N–H and O–H groups in total. The van der Waals surface area contributed by atoms with Crippen LogP contribution in [0, 0.1) is 23.0 Å². The molecule has 0 saturated carbocycles. The van der Waals surface area contributed by atoms with Gasteiger partial charge in [-0.3, -0.25) is 10.1 Å². The fraction of sp³-hybridized carbons (Fsp3) is 0.692. The average Bonchev–Trinajstić information content (AvgIpc) is 2.34. The topological polar surface area (TPSA) is 81.0 Å². The van der Waals surface area contributed by atoms with Crippen molar-refractivity contribution in [2.24, 2.45) is 5.92 Å². The maximum Gasteiger partial charge on any atom is 0.322 e. The standard InChI is InChI=1S/C13H22N4O2S/c1-5-7-14-13-15-10(4)11(17(18)19)12(16-13)20-8-6-9(2)3/h9H,5-8H2,1-4H3,(H,14,15,16). The van der Waals surface area contributed by atoms with Crippen molar-refractivity contribution in [3.8, 4) is 0 Å². The number of anilines is 1. The molecular weight excluding hydrogens is 276 g/mol. The Labute approximate surface area is 123 Å². The molecule has 1 aromatic rings. The molecule has 1 heterocycles. The Hall–Kier alpha value is -1.37. The molecule has 112 valence electrons. The highest BCUT2D eigenvalue weighted by atomic mass is 32.2. The Kier molecular flexibility index (Phi) is 6.70. The van der Waals surface area contributed by atoms with Crippen LogP contribution in [0.5, 0.6) is 0 Å².